The SMILES string of the molecule is COC(=O)c1nccc(NCC2CCN(C3CC3)C2)n1. The molecule has 0 amide bonds. The minimum atomic E-state index is -0.505. The van der Waals surface area contributed by atoms with Crippen LogP contribution in [-0.4, -0.2) is 53.6 Å². The summed E-state index contributed by atoms with van der Waals surface area (Å²) in [7, 11) is 1.33. The fraction of sp³-hybridized carbons (Fsp3) is 0.643. The molecule has 1 saturated carbocycles. The van der Waals surface area contributed by atoms with Gasteiger partial charge in [0, 0.05) is 25.3 Å². The van der Waals surface area contributed by atoms with Crippen LogP contribution in [0.4, 0.5) is 5.82 Å². The van der Waals surface area contributed by atoms with Crippen LogP contribution in [0.3, 0.4) is 0 Å². The molecule has 1 unspecified atom stereocenters. The Hall–Kier alpha value is -1.69. The molecule has 1 aromatic heterocycles. The van der Waals surface area contributed by atoms with Gasteiger partial charge in [-0.05, 0) is 37.8 Å². The minimum absolute atomic E-state index is 0.100. The molecule has 20 heavy (non-hydrogen) atoms. The number of hydrogen-bond donors (Lipinski definition) is 1. The monoisotopic (exact) mass is 276 g/mol. The predicted molar refractivity (Wildman–Crippen MR) is 74.6 cm³/mol. The number of hydrogen-bond acceptors (Lipinski definition) is 6. The zero-order chi connectivity index (χ0) is 13.9. The van der Waals surface area contributed by atoms with E-state index in [4.69, 9.17) is 0 Å². The first-order valence-electron chi connectivity index (χ1n) is 7.15. The molecule has 0 bridgehead atoms. The molecule has 6 heteroatoms. The first kappa shape index (κ1) is 13.3. The Morgan fingerprint density at radius 3 is 3.10 bits per heavy atom. The van der Waals surface area contributed by atoms with Gasteiger partial charge in [0.15, 0.2) is 0 Å². The smallest absolute Gasteiger partial charge is 0.376 e. The molecule has 1 aliphatic carbocycles. The predicted octanol–water partition coefficient (Wildman–Crippen LogP) is 1.16. The van der Waals surface area contributed by atoms with E-state index in [9.17, 15) is 4.79 Å². The van der Waals surface area contributed by atoms with E-state index < -0.39 is 5.97 Å². The summed E-state index contributed by atoms with van der Waals surface area (Å²) in [5.74, 6) is 0.940. The number of aromatic nitrogens is 2. The van der Waals surface area contributed by atoms with Gasteiger partial charge in [-0.2, -0.15) is 0 Å². The van der Waals surface area contributed by atoms with Crippen LogP contribution in [0.25, 0.3) is 0 Å². The van der Waals surface area contributed by atoms with Crippen molar-refractivity contribution in [1.29, 1.82) is 0 Å². The van der Waals surface area contributed by atoms with Crippen LogP contribution in [0.5, 0.6) is 0 Å². The second kappa shape index (κ2) is 5.75. The largest absolute Gasteiger partial charge is 0.463 e. The molecule has 0 aromatic carbocycles. The Balaban J connectivity index is 1.52. The van der Waals surface area contributed by atoms with Crippen molar-refractivity contribution in [1.82, 2.24) is 14.9 Å². The van der Waals surface area contributed by atoms with Crippen molar-refractivity contribution in [2.24, 2.45) is 5.92 Å². The van der Waals surface area contributed by atoms with Crippen LogP contribution < -0.4 is 5.32 Å². The number of methoxy groups -OCH3 is 1. The summed E-state index contributed by atoms with van der Waals surface area (Å²) in [5, 5.41) is 3.30. The highest BCUT2D eigenvalue weighted by Gasteiger charge is 2.34. The summed E-state index contributed by atoms with van der Waals surface area (Å²) in [4.78, 5) is 22.0. The highest BCUT2D eigenvalue weighted by molar-refractivity contribution is 5.85. The number of esters is 1. The summed E-state index contributed by atoms with van der Waals surface area (Å²) in [6.45, 7) is 3.28. The number of carbonyl (C=O) groups is 1. The molecule has 6 nitrogen and oxygen atoms in total. The van der Waals surface area contributed by atoms with Crippen molar-refractivity contribution in [2.75, 3.05) is 32.1 Å². The third-order valence-electron chi connectivity index (χ3n) is 3.98. The van der Waals surface area contributed by atoms with Gasteiger partial charge in [0.25, 0.3) is 0 Å². The Labute approximate surface area is 118 Å². The molecule has 2 heterocycles. The summed E-state index contributed by atoms with van der Waals surface area (Å²) < 4.78 is 4.62. The lowest BCUT2D eigenvalue weighted by atomic mass is 10.1. The van der Waals surface area contributed by atoms with Gasteiger partial charge in [-0.1, -0.05) is 0 Å². The van der Waals surface area contributed by atoms with Gasteiger partial charge < -0.3 is 15.0 Å². The number of nitrogens with one attached hydrogen (secondary N) is 1. The van der Waals surface area contributed by atoms with Crippen molar-refractivity contribution < 1.29 is 9.53 Å². The van der Waals surface area contributed by atoms with Gasteiger partial charge in [0.05, 0.1) is 7.11 Å². The standard InChI is InChI=1S/C14H20N4O2/c1-20-14(19)13-15-6-4-12(17-13)16-8-10-5-7-18(9-10)11-2-3-11/h4,6,10-11H,2-3,5,7-9H2,1H3,(H,15,16,17). The number of ether oxygens (including phenoxy) is 1. The first-order chi connectivity index (χ1) is 9.76. The van der Waals surface area contributed by atoms with Gasteiger partial charge in [-0.15, -0.1) is 0 Å². The third-order valence-corrected chi connectivity index (χ3v) is 3.98. The highest BCUT2D eigenvalue weighted by Crippen LogP contribution is 2.31. The van der Waals surface area contributed by atoms with E-state index >= 15 is 0 Å². The van der Waals surface area contributed by atoms with Crippen molar-refractivity contribution >= 4 is 11.8 Å². The molecule has 1 aromatic rings. The van der Waals surface area contributed by atoms with Gasteiger partial charge in [-0.3, -0.25) is 0 Å². The minimum Gasteiger partial charge on any atom is -0.463 e. The van der Waals surface area contributed by atoms with Crippen molar-refractivity contribution in [3.63, 3.8) is 0 Å². The second-order valence-electron chi connectivity index (χ2n) is 5.52. The second-order valence-corrected chi connectivity index (χ2v) is 5.52. The van der Waals surface area contributed by atoms with E-state index in [1.165, 1.54) is 39.5 Å². The fourth-order valence-electron chi connectivity index (χ4n) is 2.70. The molecule has 2 aliphatic rings. The molecule has 1 atom stereocenters. The van der Waals surface area contributed by atoms with Gasteiger partial charge in [-0.25, -0.2) is 14.8 Å². The summed E-state index contributed by atoms with van der Waals surface area (Å²) >= 11 is 0. The average Bonchev–Trinajstić information content (AvgIpc) is 3.23. The summed E-state index contributed by atoms with van der Waals surface area (Å²) in [6, 6.07) is 2.63. The van der Waals surface area contributed by atoms with E-state index in [0.29, 0.717) is 11.7 Å². The van der Waals surface area contributed by atoms with Crippen LogP contribution in [0.2, 0.25) is 0 Å². The molecule has 1 N–H and O–H groups in total. The van der Waals surface area contributed by atoms with Crippen LogP contribution in [0.15, 0.2) is 12.3 Å². The van der Waals surface area contributed by atoms with Crippen LogP contribution in [0, 0.1) is 5.92 Å². The Morgan fingerprint density at radius 2 is 2.35 bits per heavy atom. The van der Waals surface area contributed by atoms with Crippen LogP contribution in [-0.2, 0) is 4.74 Å². The van der Waals surface area contributed by atoms with E-state index in [0.717, 1.165) is 12.6 Å². The number of rotatable bonds is 5. The zero-order valence-electron chi connectivity index (χ0n) is 11.7. The highest BCUT2D eigenvalue weighted by atomic mass is 16.5. The number of nitrogens with zero attached hydrogens (tertiary/aromatic N) is 3. The molecule has 2 fully saturated rings. The molecule has 108 valence electrons. The van der Waals surface area contributed by atoms with E-state index in [1.807, 2.05) is 0 Å². The maximum Gasteiger partial charge on any atom is 0.376 e. The molecule has 1 saturated heterocycles. The van der Waals surface area contributed by atoms with Crippen LogP contribution in [0.1, 0.15) is 29.9 Å². The molecule has 1 aliphatic heterocycles. The molecule has 0 radical (unpaired) electrons. The average molecular weight is 276 g/mol. The molecule has 3 rings (SSSR count). The van der Waals surface area contributed by atoms with E-state index in [1.54, 1.807) is 12.3 Å². The Bertz CT molecular complexity index is 490. The quantitative estimate of drug-likeness (QED) is 0.814. The number of likely N-dealkylation sites (tertiary alicyclic amines) is 1. The van der Waals surface area contributed by atoms with Crippen LogP contribution >= 0.6 is 0 Å². The fourth-order valence-corrected chi connectivity index (χ4v) is 2.70. The van der Waals surface area contributed by atoms with Gasteiger partial charge >= 0.3 is 5.97 Å². The van der Waals surface area contributed by atoms with Gasteiger partial charge in [0.1, 0.15) is 5.82 Å². The maximum absolute atomic E-state index is 11.4. The Kier molecular flexibility index (Phi) is 3.82. The lowest BCUT2D eigenvalue weighted by molar-refractivity contribution is 0.0587. The first-order valence-corrected chi connectivity index (χ1v) is 7.15. The summed E-state index contributed by atoms with van der Waals surface area (Å²) in [6.07, 6.45) is 5.55. The normalized spacial score (nSPS) is 22.8. The molecular weight excluding hydrogens is 256 g/mol. The molecular formula is C14H20N4O2. The van der Waals surface area contributed by atoms with Gasteiger partial charge in [0.2, 0.25) is 5.82 Å². The van der Waals surface area contributed by atoms with Crippen molar-refractivity contribution in [2.45, 2.75) is 25.3 Å². The maximum atomic E-state index is 11.4. The lowest BCUT2D eigenvalue weighted by Gasteiger charge is -2.15. The summed E-state index contributed by atoms with van der Waals surface area (Å²) in [5.41, 5.74) is 0. The third kappa shape index (κ3) is 3.07. The number of carbonyl (C=O) groups excluding carboxylic acids is 1. The lowest BCUT2D eigenvalue weighted by Crippen LogP contribution is -2.25. The Morgan fingerprint density at radius 1 is 1.50 bits per heavy atom. The van der Waals surface area contributed by atoms with E-state index in [-0.39, 0.29) is 5.82 Å². The van der Waals surface area contributed by atoms with Crippen molar-refractivity contribution in [3.8, 4) is 0 Å². The topological polar surface area (TPSA) is 67.3 Å². The van der Waals surface area contributed by atoms with E-state index in [2.05, 4.69) is 24.9 Å². The number of anilines is 1. The molecule has 0 spiro atoms. The van der Waals surface area contributed by atoms with Crippen molar-refractivity contribution in [3.05, 3.63) is 18.1 Å². The zero-order valence-corrected chi connectivity index (χ0v) is 11.7.